The van der Waals surface area contributed by atoms with Crippen LogP contribution in [0.3, 0.4) is 0 Å². The van der Waals surface area contributed by atoms with Crippen molar-refractivity contribution in [2.24, 2.45) is 5.92 Å². The lowest BCUT2D eigenvalue weighted by Gasteiger charge is -2.44. The van der Waals surface area contributed by atoms with Gasteiger partial charge in [-0.25, -0.2) is 0 Å². The summed E-state index contributed by atoms with van der Waals surface area (Å²) >= 11 is 0. The summed E-state index contributed by atoms with van der Waals surface area (Å²) in [6.45, 7) is 4.79. The van der Waals surface area contributed by atoms with Crippen LogP contribution in [0.5, 0.6) is 0 Å². The highest BCUT2D eigenvalue weighted by Gasteiger charge is 2.40. The molecule has 1 aliphatic rings. The van der Waals surface area contributed by atoms with Crippen LogP contribution in [0.1, 0.15) is 57.6 Å². The van der Waals surface area contributed by atoms with Gasteiger partial charge in [-0.05, 0) is 37.3 Å². The van der Waals surface area contributed by atoms with Crippen LogP contribution in [0, 0.1) is 5.92 Å². The van der Waals surface area contributed by atoms with E-state index in [9.17, 15) is 4.79 Å². The van der Waals surface area contributed by atoms with Crippen LogP contribution in [0.15, 0.2) is 36.7 Å². The van der Waals surface area contributed by atoms with Crippen LogP contribution < -0.4 is 0 Å². The first-order chi connectivity index (χ1) is 11.6. The topological polar surface area (TPSA) is 68.7 Å². The van der Waals surface area contributed by atoms with E-state index in [-0.39, 0.29) is 18.4 Å². The highest BCUT2D eigenvalue weighted by molar-refractivity contribution is 5.66. The predicted octanol–water partition coefficient (Wildman–Crippen LogP) is 4.11. The molecule has 0 bridgehead atoms. The van der Waals surface area contributed by atoms with Crippen molar-refractivity contribution < 1.29 is 19.4 Å². The molecule has 1 saturated heterocycles. The first kappa shape index (κ1) is 18.6. The van der Waals surface area contributed by atoms with Gasteiger partial charge in [0, 0.05) is 24.7 Å². The van der Waals surface area contributed by atoms with Crippen LogP contribution >= 0.6 is 0 Å². The first-order valence-electron chi connectivity index (χ1n) is 8.68. The molecule has 24 heavy (non-hydrogen) atoms. The minimum Gasteiger partial charge on any atom is -0.481 e. The largest absolute Gasteiger partial charge is 0.481 e. The number of aliphatic carboxylic acids is 1. The van der Waals surface area contributed by atoms with E-state index >= 15 is 0 Å². The van der Waals surface area contributed by atoms with Gasteiger partial charge in [-0.2, -0.15) is 0 Å². The predicted molar refractivity (Wildman–Crippen MR) is 91.4 cm³/mol. The molecule has 1 N–H and O–H groups in total. The van der Waals surface area contributed by atoms with Crippen molar-refractivity contribution in [1.29, 1.82) is 0 Å². The monoisotopic (exact) mass is 333 g/mol. The number of hydrogen-bond acceptors (Lipinski definition) is 4. The summed E-state index contributed by atoms with van der Waals surface area (Å²) in [6, 6.07) is 3.97. The average Bonchev–Trinajstić information content (AvgIpc) is 2.62. The standard InChI is InChI=1S/C19H27NO4/c1-3-19(4-2)23-14-16(9-6-5-7-11-17(21)22)18(24-19)15-10-8-12-20-13-15/h5-6,8,10,12-13,16,18H,3-4,7,9,11,14H2,1-2H3,(H,21,22)/t16-,18-/m1/s1. The van der Waals surface area contributed by atoms with E-state index in [4.69, 9.17) is 14.6 Å². The Balaban J connectivity index is 2.07. The van der Waals surface area contributed by atoms with Gasteiger partial charge < -0.3 is 14.6 Å². The molecule has 2 rings (SSSR count). The van der Waals surface area contributed by atoms with Gasteiger partial charge in [0.05, 0.1) is 12.7 Å². The Morgan fingerprint density at radius 2 is 2.21 bits per heavy atom. The number of carboxylic acids is 1. The second-order valence-electron chi connectivity index (χ2n) is 6.15. The Morgan fingerprint density at radius 1 is 1.42 bits per heavy atom. The molecule has 5 heteroatoms. The molecule has 0 aliphatic carbocycles. The van der Waals surface area contributed by atoms with Gasteiger partial charge in [0.25, 0.3) is 0 Å². The third-order valence-electron chi connectivity index (χ3n) is 4.55. The molecule has 2 atom stereocenters. The normalized spacial score (nSPS) is 23.4. The van der Waals surface area contributed by atoms with Crippen molar-refractivity contribution in [3.05, 3.63) is 42.2 Å². The van der Waals surface area contributed by atoms with Gasteiger partial charge in [-0.15, -0.1) is 0 Å². The van der Waals surface area contributed by atoms with Gasteiger partial charge in [0.15, 0.2) is 5.79 Å². The highest BCUT2D eigenvalue weighted by Crippen LogP contribution is 2.41. The van der Waals surface area contributed by atoms with E-state index in [1.165, 1.54) is 0 Å². The SMILES string of the molecule is CCC1(CC)OC[C@@H](CC=CCCC(=O)O)[C@@H](c2cccnc2)O1. The third-order valence-corrected chi connectivity index (χ3v) is 4.55. The van der Waals surface area contributed by atoms with Crippen LogP contribution in [0.4, 0.5) is 0 Å². The number of rotatable bonds is 8. The average molecular weight is 333 g/mol. The number of carbonyl (C=O) groups is 1. The highest BCUT2D eigenvalue weighted by atomic mass is 16.7. The fraction of sp³-hybridized carbons (Fsp3) is 0.579. The van der Waals surface area contributed by atoms with E-state index in [1.807, 2.05) is 30.5 Å². The number of ether oxygens (including phenoxy) is 2. The maximum absolute atomic E-state index is 10.6. The number of aromatic nitrogens is 1. The molecule has 1 aromatic heterocycles. The van der Waals surface area contributed by atoms with E-state index in [1.54, 1.807) is 6.20 Å². The Bertz CT molecular complexity index is 540. The van der Waals surface area contributed by atoms with E-state index < -0.39 is 11.8 Å². The third kappa shape index (κ3) is 4.89. The molecular weight excluding hydrogens is 306 g/mol. The van der Waals surface area contributed by atoms with Crippen molar-refractivity contribution in [3.8, 4) is 0 Å². The van der Waals surface area contributed by atoms with E-state index in [2.05, 4.69) is 18.8 Å². The summed E-state index contributed by atoms with van der Waals surface area (Å²) in [5.41, 5.74) is 1.07. The molecule has 0 amide bonds. The molecule has 0 unspecified atom stereocenters. The molecule has 132 valence electrons. The number of nitrogens with zero attached hydrogens (tertiary/aromatic N) is 1. The Labute approximate surface area is 143 Å². The van der Waals surface area contributed by atoms with Gasteiger partial charge in [-0.3, -0.25) is 9.78 Å². The molecule has 0 spiro atoms. The van der Waals surface area contributed by atoms with Crippen LogP contribution in [-0.2, 0) is 14.3 Å². The Morgan fingerprint density at radius 3 is 2.83 bits per heavy atom. The minimum atomic E-state index is -0.770. The van der Waals surface area contributed by atoms with Crippen molar-refractivity contribution in [3.63, 3.8) is 0 Å². The van der Waals surface area contributed by atoms with Crippen molar-refractivity contribution in [2.75, 3.05) is 6.61 Å². The molecule has 0 radical (unpaired) electrons. The molecule has 1 aliphatic heterocycles. The molecule has 0 aromatic carbocycles. The van der Waals surface area contributed by atoms with Gasteiger partial charge in [0.2, 0.25) is 0 Å². The van der Waals surface area contributed by atoms with Gasteiger partial charge in [0.1, 0.15) is 0 Å². The first-order valence-corrected chi connectivity index (χ1v) is 8.68. The Hall–Kier alpha value is -1.72. The van der Waals surface area contributed by atoms with Crippen molar-refractivity contribution in [1.82, 2.24) is 4.98 Å². The second kappa shape index (κ2) is 8.94. The zero-order chi connectivity index (χ0) is 17.4. The van der Waals surface area contributed by atoms with Gasteiger partial charge in [-0.1, -0.05) is 32.1 Å². The van der Waals surface area contributed by atoms with Crippen LogP contribution in [0.25, 0.3) is 0 Å². The Kier molecular flexibility index (Phi) is 6.94. The molecular formula is C19H27NO4. The lowest BCUT2D eigenvalue weighted by atomic mass is 9.91. The zero-order valence-electron chi connectivity index (χ0n) is 14.5. The van der Waals surface area contributed by atoms with E-state index in [0.717, 1.165) is 24.8 Å². The molecule has 1 fully saturated rings. The van der Waals surface area contributed by atoms with Crippen molar-refractivity contribution in [2.45, 2.75) is 57.8 Å². The van der Waals surface area contributed by atoms with Crippen LogP contribution in [-0.4, -0.2) is 28.5 Å². The van der Waals surface area contributed by atoms with Crippen molar-refractivity contribution >= 4 is 5.97 Å². The maximum Gasteiger partial charge on any atom is 0.303 e. The summed E-state index contributed by atoms with van der Waals surface area (Å²) in [4.78, 5) is 14.8. The summed E-state index contributed by atoms with van der Waals surface area (Å²) in [6.07, 6.45) is 10.6. The lowest BCUT2D eigenvalue weighted by molar-refractivity contribution is -0.316. The number of hydrogen-bond donors (Lipinski definition) is 1. The van der Waals surface area contributed by atoms with E-state index in [0.29, 0.717) is 13.0 Å². The number of allylic oxidation sites excluding steroid dienone is 2. The zero-order valence-corrected chi connectivity index (χ0v) is 14.5. The maximum atomic E-state index is 10.6. The molecule has 2 heterocycles. The summed E-state index contributed by atoms with van der Waals surface area (Å²) in [7, 11) is 0. The fourth-order valence-corrected chi connectivity index (χ4v) is 3.00. The van der Waals surface area contributed by atoms with Gasteiger partial charge >= 0.3 is 5.97 Å². The molecule has 5 nitrogen and oxygen atoms in total. The quantitative estimate of drug-likeness (QED) is 0.725. The number of pyridine rings is 1. The molecule has 1 aromatic rings. The number of carboxylic acid groups (broad SMARTS) is 1. The lowest BCUT2D eigenvalue weighted by Crippen LogP contribution is -2.44. The van der Waals surface area contributed by atoms with Crippen LogP contribution in [0.2, 0.25) is 0 Å². The summed E-state index contributed by atoms with van der Waals surface area (Å²) in [5, 5.41) is 8.68. The molecule has 0 saturated carbocycles. The smallest absolute Gasteiger partial charge is 0.303 e. The summed E-state index contributed by atoms with van der Waals surface area (Å²) < 4.78 is 12.4. The second-order valence-corrected chi connectivity index (χ2v) is 6.15. The fourth-order valence-electron chi connectivity index (χ4n) is 3.00. The minimum absolute atomic E-state index is 0.0588. The summed E-state index contributed by atoms with van der Waals surface area (Å²) in [5.74, 6) is -1.10.